The molecule has 1 aliphatic heterocycles. The number of nitrogens with zero attached hydrogens (tertiary/aromatic N) is 3. The maximum atomic E-state index is 12.8. The molecule has 0 spiro atoms. The number of aromatic nitrogens is 2. The number of hydrogen-bond acceptors (Lipinski definition) is 4. The molecule has 26 heavy (non-hydrogen) atoms. The Balaban J connectivity index is 1.56. The fourth-order valence-electron chi connectivity index (χ4n) is 3.53. The second-order valence-electron chi connectivity index (χ2n) is 6.58. The van der Waals surface area contributed by atoms with Crippen LogP contribution in [-0.4, -0.2) is 39.4 Å². The molecule has 0 bridgehead atoms. The van der Waals surface area contributed by atoms with Crippen molar-refractivity contribution in [3.05, 3.63) is 42.0 Å². The van der Waals surface area contributed by atoms with Crippen LogP contribution in [0.3, 0.4) is 0 Å². The molecular formula is C19H20N4O2S. The van der Waals surface area contributed by atoms with Crippen LogP contribution in [0.2, 0.25) is 0 Å². The maximum Gasteiger partial charge on any atom is 0.242 e. The predicted molar refractivity (Wildman–Crippen MR) is 102 cm³/mol. The number of piperidine rings is 1. The van der Waals surface area contributed by atoms with E-state index >= 15 is 0 Å². The Morgan fingerprint density at radius 1 is 1.23 bits per heavy atom. The van der Waals surface area contributed by atoms with E-state index in [1.54, 1.807) is 17.5 Å². The number of amides is 2. The van der Waals surface area contributed by atoms with Crippen LogP contribution < -0.4 is 5.73 Å². The topological polar surface area (TPSA) is 81.2 Å². The van der Waals surface area contributed by atoms with Crippen LogP contribution in [0.15, 0.2) is 42.0 Å². The fraction of sp³-hybridized carbons (Fsp3) is 0.316. The van der Waals surface area contributed by atoms with Gasteiger partial charge in [0.25, 0.3) is 0 Å². The molecule has 3 aromatic rings. The molecule has 0 aliphatic carbocycles. The van der Waals surface area contributed by atoms with Crippen molar-refractivity contribution < 1.29 is 9.59 Å². The van der Waals surface area contributed by atoms with Crippen LogP contribution >= 0.6 is 11.3 Å². The molecule has 2 amide bonds. The Hall–Kier alpha value is -2.67. The van der Waals surface area contributed by atoms with Crippen molar-refractivity contribution in [1.29, 1.82) is 0 Å². The van der Waals surface area contributed by atoms with E-state index in [-0.39, 0.29) is 24.3 Å². The monoisotopic (exact) mass is 368 g/mol. The highest BCUT2D eigenvalue weighted by atomic mass is 32.1. The third-order valence-electron chi connectivity index (χ3n) is 4.99. The molecule has 3 aromatic heterocycles. The van der Waals surface area contributed by atoms with Crippen LogP contribution in [0.25, 0.3) is 21.5 Å². The van der Waals surface area contributed by atoms with Gasteiger partial charge in [-0.15, -0.1) is 11.3 Å². The van der Waals surface area contributed by atoms with E-state index in [9.17, 15) is 9.59 Å². The van der Waals surface area contributed by atoms with E-state index in [0.29, 0.717) is 25.9 Å². The molecule has 0 unspecified atom stereocenters. The van der Waals surface area contributed by atoms with Crippen molar-refractivity contribution in [1.82, 2.24) is 14.5 Å². The van der Waals surface area contributed by atoms with Crippen LogP contribution in [-0.2, 0) is 16.1 Å². The number of fused-ring (bicyclic) bond motifs is 1. The largest absolute Gasteiger partial charge is 0.369 e. The van der Waals surface area contributed by atoms with Crippen molar-refractivity contribution in [3.8, 4) is 10.6 Å². The number of thiophene rings is 1. The first-order valence-corrected chi connectivity index (χ1v) is 9.56. The average Bonchev–Trinajstić information content (AvgIpc) is 3.32. The number of carbonyl (C=O) groups is 2. The van der Waals surface area contributed by atoms with Gasteiger partial charge in [0.2, 0.25) is 11.8 Å². The van der Waals surface area contributed by atoms with Crippen LogP contribution in [0, 0.1) is 5.92 Å². The first kappa shape index (κ1) is 16.8. The van der Waals surface area contributed by atoms with Crippen LogP contribution in [0.5, 0.6) is 0 Å². The van der Waals surface area contributed by atoms with Gasteiger partial charge in [-0.25, -0.2) is 0 Å². The minimum Gasteiger partial charge on any atom is -0.369 e. The standard InChI is InChI=1S/C19H20N4O2S/c20-19(25)14-5-8-22(9-6-14)16(24)12-23-10-4-13-3-7-21-17(18(13)23)15-2-1-11-26-15/h1-4,7,10-11,14H,5-6,8-9,12H2,(H2,20,25). The van der Waals surface area contributed by atoms with E-state index in [1.165, 1.54) is 0 Å². The summed E-state index contributed by atoms with van der Waals surface area (Å²) in [6, 6.07) is 8.02. The van der Waals surface area contributed by atoms with Gasteiger partial charge in [0.1, 0.15) is 12.2 Å². The van der Waals surface area contributed by atoms with Crippen molar-refractivity contribution in [2.75, 3.05) is 13.1 Å². The minimum absolute atomic E-state index is 0.0615. The molecule has 0 saturated carbocycles. The smallest absolute Gasteiger partial charge is 0.242 e. The zero-order valence-electron chi connectivity index (χ0n) is 14.3. The molecule has 6 nitrogen and oxygen atoms in total. The Kier molecular flexibility index (Phi) is 4.46. The number of primary amides is 1. The van der Waals surface area contributed by atoms with E-state index in [4.69, 9.17) is 5.73 Å². The Morgan fingerprint density at radius 2 is 2.04 bits per heavy atom. The quantitative estimate of drug-likeness (QED) is 0.768. The molecule has 1 fully saturated rings. The van der Waals surface area contributed by atoms with Crippen molar-refractivity contribution in [2.45, 2.75) is 19.4 Å². The molecule has 2 N–H and O–H groups in total. The van der Waals surface area contributed by atoms with E-state index in [1.807, 2.05) is 45.3 Å². The van der Waals surface area contributed by atoms with Crippen molar-refractivity contribution in [3.63, 3.8) is 0 Å². The lowest BCUT2D eigenvalue weighted by atomic mass is 9.96. The summed E-state index contributed by atoms with van der Waals surface area (Å²) in [5, 5.41) is 3.10. The normalized spacial score (nSPS) is 15.5. The summed E-state index contributed by atoms with van der Waals surface area (Å²) in [7, 11) is 0. The predicted octanol–water partition coefficient (Wildman–Crippen LogP) is 2.49. The van der Waals surface area contributed by atoms with Crippen LogP contribution in [0.1, 0.15) is 12.8 Å². The summed E-state index contributed by atoms with van der Waals surface area (Å²) in [6.45, 7) is 1.44. The second-order valence-corrected chi connectivity index (χ2v) is 7.52. The van der Waals surface area contributed by atoms with Gasteiger partial charge in [-0.1, -0.05) is 6.07 Å². The molecule has 0 atom stereocenters. The van der Waals surface area contributed by atoms with Crippen molar-refractivity contribution in [2.24, 2.45) is 11.7 Å². The molecule has 7 heteroatoms. The van der Waals surface area contributed by atoms with Gasteiger partial charge < -0.3 is 15.2 Å². The highest BCUT2D eigenvalue weighted by Crippen LogP contribution is 2.30. The Morgan fingerprint density at radius 3 is 2.73 bits per heavy atom. The van der Waals surface area contributed by atoms with Gasteiger partial charge in [0, 0.05) is 36.8 Å². The molecule has 1 aliphatic rings. The SMILES string of the molecule is NC(=O)C1CCN(C(=O)Cn2ccc3ccnc(-c4cccs4)c32)CC1. The fourth-order valence-corrected chi connectivity index (χ4v) is 4.26. The average molecular weight is 368 g/mol. The summed E-state index contributed by atoms with van der Waals surface area (Å²) in [6.07, 6.45) is 5.04. The van der Waals surface area contributed by atoms with Gasteiger partial charge in [0.05, 0.1) is 10.4 Å². The lowest BCUT2D eigenvalue weighted by Crippen LogP contribution is -2.42. The first-order chi connectivity index (χ1) is 12.6. The molecule has 0 aromatic carbocycles. The zero-order valence-corrected chi connectivity index (χ0v) is 15.1. The van der Waals surface area contributed by atoms with Crippen molar-refractivity contribution >= 4 is 34.1 Å². The number of carbonyl (C=O) groups excluding carboxylic acids is 2. The van der Waals surface area contributed by atoms with E-state index < -0.39 is 0 Å². The summed E-state index contributed by atoms with van der Waals surface area (Å²) in [4.78, 5) is 31.5. The number of hydrogen-bond donors (Lipinski definition) is 1. The van der Waals surface area contributed by atoms with Gasteiger partial charge in [-0.3, -0.25) is 14.6 Å². The van der Waals surface area contributed by atoms with Gasteiger partial charge in [-0.2, -0.15) is 0 Å². The lowest BCUT2D eigenvalue weighted by Gasteiger charge is -2.30. The van der Waals surface area contributed by atoms with Gasteiger partial charge >= 0.3 is 0 Å². The van der Waals surface area contributed by atoms with Gasteiger partial charge in [-0.05, 0) is 36.4 Å². The molecule has 4 heterocycles. The molecular weight excluding hydrogens is 348 g/mol. The number of pyridine rings is 1. The molecule has 0 radical (unpaired) electrons. The third kappa shape index (κ3) is 3.10. The van der Waals surface area contributed by atoms with E-state index in [2.05, 4.69) is 4.98 Å². The second kappa shape index (κ2) is 6.92. The Bertz CT molecular complexity index is 940. The molecule has 1 saturated heterocycles. The number of rotatable bonds is 4. The maximum absolute atomic E-state index is 12.8. The summed E-state index contributed by atoms with van der Waals surface area (Å²) in [5.41, 5.74) is 7.26. The Labute approximate surface area is 155 Å². The third-order valence-corrected chi connectivity index (χ3v) is 5.86. The summed E-state index contributed by atoms with van der Waals surface area (Å²) in [5.74, 6) is -0.312. The van der Waals surface area contributed by atoms with Gasteiger partial charge in [0.15, 0.2) is 0 Å². The summed E-state index contributed by atoms with van der Waals surface area (Å²) >= 11 is 1.64. The first-order valence-electron chi connectivity index (χ1n) is 8.68. The van der Waals surface area contributed by atoms with E-state index in [0.717, 1.165) is 21.5 Å². The highest BCUT2D eigenvalue weighted by molar-refractivity contribution is 7.13. The highest BCUT2D eigenvalue weighted by Gasteiger charge is 2.26. The number of likely N-dealkylation sites (tertiary alicyclic amines) is 1. The lowest BCUT2D eigenvalue weighted by molar-refractivity contribution is -0.135. The molecule has 4 rings (SSSR count). The van der Waals surface area contributed by atoms with Crippen LogP contribution in [0.4, 0.5) is 0 Å². The number of nitrogens with two attached hydrogens (primary N) is 1. The minimum atomic E-state index is -0.264. The zero-order chi connectivity index (χ0) is 18.1. The summed E-state index contributed by atoms with van der Waals surface area (Å²) < 4.78 is 1.97. The molecule has 134 valence electrons.